The number of benzene rings is 1. The van der Waals surface area contributed by atoms with Crippen molar-refractivity contribution in [3.05, 3.63) is 29.8 Å². The molecule has 0 spiro atoms. The Kier molecular flexibility index (Phi) is 3.77. The van der Waals surface area contributed by atoms with Crippen LogP contribution in [0.2, 0.25) is 0 Å². The summed E-state index contributed by atoms with van der Waals surface area (Å²) in [6.45, 7) is 4.17. The maximum absolute atomic E-state index is 8.96. The van der Waals surface area contributed by atoms with Gasteiger partial charge in [-0.3, -0.25) is 0 Å². The van der Waals surface area contributed by atoms with E-state index in [0.29, 0.717) is 0 Å². The van der Waals surface area contributed by atoms with E-state index in [1.165, 1.54) is 5.69 Å². The zero-order valence-corrected chi connectivity index (χ0v) is 9.39. The highest BCUT2D eigenvalue weighted by Gasteiger charge is 2.10. The van der Waals surface area contributed by atoms with Crippen LogP contribution in [-0.2, 0) is 0 Å². The number of aliphatic hydroxyl groups is 1. The van der Waals surface area contributed by atoms with Crippen molar-refractivity contribution in [2.45, 2.75) is 6.04 Å². The van der Waals surface area contributed by atoms with E-state index in [2.05, 4.69) is 22.3 Å². The molecule has 0 amide bonds. The van der Waals surface area contributed by atoms with E-state index < -0.39 is 0 Å². The monoisotopic (exact) mass is 221 g/mol. The molecule has 1 saturated heterocycles. The van der Waals surface area contributed by atoms with Crippen LogP contribution >= 0.6 is 0 Å². The molecule has 0 bridgehead atoms. The maximum atomic E-state index is 8.96. The molecule has 1 fully saturated rings. The molecule has 16 heavy (non-hydrogen) atoms. The number of hydrogen-bond donors (Lipinski definition) is 3. The Morgan fingerprint density at radius 2 is 1.88 bits per heavy atom. The van der Waals surface area contributed by atoms with Crippen LogP contribution in [0.1, 0.15) is 11.6 Å². The van der Waals surface area contributed by atoms with E-state index in [1.807, 2.05) is 12.1 Å². The number of hydrogen-bond acceptors (Lipinski definition) is 4. The lowest BCUT2D eigenvalue weighted by Gasteiger charge is -2.29. The summed E-state index contributed by atoms with van der Waals surface area (Å²) in [5.74, 6) is 0. The highest BCUT2D eigenvalue weighted by molar-refractivity contribution is 5.48. The van der Waals surface area contributed by atoms with Gasteiger partial charge in [-0.2, -0.15) is 0 Å². The van der Waals surface area contributed by atoms with Crippen molar-refractivity contribution in [2.24, 2.45) is 5.73 Å². The van der Waals surface area contributed by atoms with Gasteiger partial charge in [0.1, 0.15) is 0 Å². The average Bonchev–Trinajstić information content (AvgIpc) is 2.39. The molecule has 4 heteroatoms. The third-order valence-corrected chi connectivity index (χ3v) is 3.00. The summed E-state index contributed by atoms with van der Waals surface area (Å²) in [5.41, 5.74) is 7.97. The Balaban J connectivity index is 2.06. The van der Waals surface area contributed by atoms with Crippen LogP contribution in [0.3, 0.4) is 0 Å². The summed E-state index contributed by atoms with van der Waals surface area (Å²) < 4.78 is 0. The minimum Gasteiger partial charge on any atom is -0.394 e. The van der Waals surface area contributed by atoms with E-state index in [0.717, 1.165) is 31.7 Å². The minimum atomic E-state index is -0.267. The smallest absolute Gasteiger partial charge is 0.0624 e. The molecule has 4 N–H and O–H groups in total. The summed E-state index contributed by atoms with van der Waals surface area (Å²) in [4.78, 5) is 2.35. The van der Waals surface area contributed by atoms with Crippen LogP contribution in [0.4, 0.5) is 5.69 Å². The maximum Gasteiger partial charge on any atom is 0.0624 e. The summed E-state index contributed by atoms with van der Waals surface area (Å²) in [7, 11) is 0. The molecule has 1 aliphatic rings. The Morgan fingerprint density at radius 3 is 2.44 bits per heavy atom. The molecule has 88 valence electrons. The number of nitrogens with zero attached hydrogens (tertiary/aromatic N) is 1. The van der Waals surface area contributed by atoms with Crippen molar-refractivity contribution in [1.82, 2.24) is 5.32 Å². The van der Waals surface area contributed by atoms with Crippen molar-refractivity contribution >= 4 is 5.69 Å². The van der Waals surface area contributed by atoms with Crippen LogP contribution in [-0.4, -0.2) is 37.9 Å². The van der Waals surface area contributed by atoms with Gasteiger partial charge in [0.2, 0.25) is 0 Å². The normalized spacial score (nSPS) is 18.5. The van der Waals surface area contributed by atoms with Crippen LogP contribution in [0.5, 0.6) is 0 Å². The lowest BCUT2D eigenvalue weighted by Crippen LogP contribution is -2.43. The predicted molar refractivity (Wildman–Crippen MR) is 65.5 cm³/mol. The number of nitrogens with one attached hydrogen (secondary N) is 1. The number of anilines is 1. The molecule has 1 aromatic carbocycles. The molecule has 0 saturated carbocycles. The second-order valence-corrected chi connectivity index (χ2v) is 4.12. The van der Waals surface area contributed by atoms with Crippen molar-refractivity contribution in [3.63, 3.8) is 0 Å². The summed E-state index contributed by atoms with van der Waals surface area (Å²) in [6, 6.07) is 7.89. The average molecular weight is 221 g/mol. The van der Waals surface area contributed by atoms with Crippen molar-refractivity contribution in [2.75, 3.05) is 37.7 Å². The van der Waals surface area contributed by atoms with E-state index in [-0.39, 0.29) is 12.6 Å². The standard InChI is InChI=1S/C12H19N3O/c13-12(9-16)10-1-3-11(4-2-10)15-7-5-14-6-8-15/h1-4,12,14,16H,5-9,13H2/t12-/m1/s1. The molecule has 1 aromatic rings. The molecular weight excluding hydrogens is 202 g/mol. The first-order valence-electron chi connectivity index (χ1n) is 5.73. The zero-order chi connectivity index (χ0) is 11.4. The second-order valence-electron chi connectivity index (χ2n) is 4.12. The van der Waals surface area contributed by atoms with E-state index >= 15 is 0 Å². The summed E-state index contributed by atoms with van der Waals surface area (Å²) in [5, 5.41) is 12.3. The molecule has 2 rings (SSSR count). The second kappa shape index (κ2) is 5.30. The first-order chi connectivity index (χ1) is 7.81. The van der Waals surface area contributed by atoms with Gasteiger partial charge in [0.05, 0.1) is 12.6 Å². The predicted octanol–water partition coefficient (Wildman–Crippen LogP) is 0.0883. The van der Waals surface area contributed by atoms with Crippen LogP contribution in [0.25, 0.3) is 0 Å². The van der Waals surface area contributed by atoms with Crippen LogP contribution in [0.15, 0.2) is 24.3 Å². The fraction of sp³-hybridized carbons (Fsp3) is 0.500. The third-order valence-electron chi connectivity index (χ3n) is 3.00. The topological polar surface area (TPSA) is 61.5 Å². The molecule has 1 aliphatic heterocycles. The Hall–Kier alpha value is -1.10. The Bertz CT molecular complexity index is 320. The number of rotatable bonds is 3. The van der Waals surface area contributed by atoms with Gasteiger partial charge in [-0.25, -0.2) is 0 Å². The lowest BCUT2D eigenvalue weighted by molar-refractivity contribution is 0.268. The van der Waals surface area contributed by atoms with Crippen molar-refractivity contribution in [1.29, 1.82) is 0 Å². The molecule has 4 nitrogen and oxygen atoms in total. The molecule has 0 aliphatic carbocycles. The number of piperazine rings is 1. The number of aliphatic hydroxyl groups excluding tert-OH is 1. The van der Waals surface area contributed by atoms with Gasteiger partial charge >= 0.3 is 0 Å². The molecule has 1 atom stereocenters. The summed E-state index contributed by atoms with van der Waals surface area (Å²) >= 11 is 0. The van der Waals surface area contributed by atoms with Gasteiger partial charge in [-0.05, 0) is 17.7 Å². The summed E-state index contributed by atoms with van der Waals surface area (Å²) in [6.07, 6.45) is 0. The van der Waals surface area contributed by atoms with E-state index in [9.17, 15) is 0 Å². The number of nitrogens with two attached hydrogens (primary N) is 1. The van der Waals surface area contributed by atoms with Crippen molar-refractivity contribution < 1.29 is 5.11 Å². The molecule has 0 radical (unpaired) electrons. The van der Waals surface area contributed by atoms with E-state index in [4.69, 9.17) is 10.8 Å². The Morgan fingerprint density at radius 1 is 1.25 bits per heavy atom. The van der Waals surface area contributed by atoms with Gasteiger partial charge in [-0.1, -0.05) is 12.1 Å². The molecular formula is C12H19N3O. The lowest BCUT2D eigenvalue weighted by atomic mass is 10.1. The molecule has 0 aromatic heterocycles. The van der Waals surface area contributed by atoms with Crippen LogP contribution in [0, 0.1) is 0 Å². The largest absolute Gasteiger partial charge is 0.394 e. The first-order valence-corrected chi connectivity index (χ1v) is 5.73. The fourth-order valence-corrected chi connectivity index (χ4v) is 1.96. The zero-order valence-electron chi connectivity index (χ0n) is 9.39. The minimum absolute atomic E-state index is 0.00696. The Labute approximate surface area is 96.1 Å². The first kappa shape index (κ1) is 11.4. The molecule has 0 unspecified atom stereocenters. The van der Waals surface area contributed by atoms with E-state index in [1.54, 1.807) is 0 Å². The van der Waals surface area contributed by atoms with Gasteiger partial charge in [0.15, 0.2) is 0 Å². The van der Waals surface area contributed by atoms with Gasteiger partial charge in [-0.15, -0.1) is 0 Å². The van der Waals surface area contributed by atoms with Gasteiger partial charge < -0.3 is 21.1 Å². The third kappa shape index (κ3) is 2.52. The fourth-order valence-electron chi connectivity index (χ4n) is 1.96. The highest BCUT2D eigenvalue weighted by atomic mass is 16.3. The SMILES string of the molecule is N[C@H](CO)c1ccc(N2CCNCC2)cc1. The molecule has 1 heterocycles. The van der Waals surface area contributed by atoms with Gasteiger partial charge in [0, 0.05) is 31.9 Å². The van der Waals surface area contributed by atoms with Crippen LogP contribution < -0.4 is 16.0 Å². The van der Waals surface area contributed by atoms with Gasteiger partial charge in [0.25, 0.3) is 0 Å². The van der Waals surface area contributed by atoms with Crippen molar-refractivity contribution in [3.8, 4) is 0 Å². The quantitative estimate of drug-likeness (QED) is 0.677. The highest BCUT2D eigenvalue weighted by Crippen LogP contribution is 2.18.